The summed E-state index contributed by atoms with van der Waals surface area (Å²) >= 11 is 5.94. The molecule has 1 N–H and O–H groups in total. The normalized spacial score (nSPS) is 17.7. The third kappa shape index (κ3) is 3.60. The largest absolute Gasteiger partial charge is 0.460 e. The Bertz CT molecular complexity index is 1130. The molecule has 0 radical (unpaired) electrons. The first-order valence-corrected chi connectivity index (χ1v) is 9.21. The van der Waals surface area contributed by atoms with Gasteiger partial charge in [0, 0.05) is 11.8 Å². The molecule has 4 rings (SSSR count). The number of esters is 1. The van der Waals surface area contributed by atoms with Crippen LogP contribution in [0.4, 0.5) is 11.6 Å². The molecule has 0 saturated carbocycles. The van der Waals surface area contributed by atoms with E-state index in [1.165, 1.54) is 16.8 Å². The fraction of sp³-hybridized carbons (Fsp3) is 0.158. The lowest BCUT2D eigenvalue weighted by Crippen LogP contribution is -2.37. The molecule has 1 aromatic heterocycles. The fourth-order valence-electron chi connectivity index (χ4n) is 3.29. The van der Waals surface area contributed by atoms with Crippen molar-refractivity contribution in [1.29, 1.82) is 0 Å². The fourth-order valence-corrected chi connectivity index (χ4v) is 3.48. The number of hydrogen-bond donors (Lipinski definition) is 1. The van der Waals surface area contributed by atoms with Crippen LogP contribution < -0.4 is 5.32 Å². The van der Waals surface area contributed by atoms with Crippen LogP contribution in [-0.2, 0) is 16.1 Å². The number of ether oxygens (including phenoxy) is 1. The minimum atomic E-state index is -0.925. The maximum absolute atomic E-state index is 13.0. The minimum Gasteiger partial charge on any atom is -0.460 e. The summed E-state index contributed by atoms with van der Waals surface area (Å²) in [5.41, 5.74) is 1.27. The first-order chi connectivity index (χ1) is 14.5. The number of halogens is 1. The Morgan fingerprint density at radius 2 is 2.07 bits per heavy atom. The molecule has 30 heavy (non-hydrogen) atoms. The highest BCUT2D eigenvalue weighted by Crippen LogP contribution is 2.39. The Hall–Kier alpha value is -3.79. The van der Waals surface area contributed by atoms with Gasteiger partial charge in [-0.05, 0) is 27.6 Å². The number of tetrazole rings is 1. The van der Waals surface area contributed by atoms with E-state index in [0.29, 0.717) is 11.3 Å². The monoisotopic (exact) mass is 426 g/mol. The molecule has 0 saturated heterocycles. The Morgan fingerprint density at radius 3 is 2.80 bits per heavy atom. The zero-order chi connectivity index (χ0) is 21.3. The molecule has 11 heteroatoms. The van der Waals surface area contributed by atoms with Gasteiger partial charge in [-0.1, -0.05) is 59.7 Å². The van der Waals surface area contributed by atoms with Crippen LogP contribution in [0.1, 0.15) is 17.2 Å². The van der Waals surface area contributed by atoms with E-state index in [1.807, 2.05) is 30.3 Å². The number of rotatable bonds is 5. The molecule has 0 spiro atoms. The van der Waals surface area contributed by atoms with Crippen LogP contribution >= 0.6 is 11.6 Å². The van der Waals surface area contributed by atoms with Gasteiger partial charge in [-0.25, -0.2) is 4.68 Å². The van der Waals surface area contributed by atoms with Crippen LogP contribution in [-0.4, -0.2) is 31.1 Å². The summed E-state index contributed by atoms with van der Waals surface area (Å²) in [5, 5.41) is 25.6. The summed E-state index contributed by atoms with van der Waals surface area (Å²) in [7, 11) is 0. The summed E-state index contributed by atoms with van der Waals surface area (Å²) in [6, 6.07) is 12.7. The van der Waals surface area contributed by atoms with Gasteiger partial charge in [0.1, 0.15) is 23.6 Å². The average molecular weight is 427 g/mol. The van der Waals surface area contributed by atoms with Crippen LogP contribution in [0.3, 0.4) is 0 Å². The Balaban J connectivity index is 1.71. The average Bonchev–Trinajstić information content (AvgIpc) is 3.20. The molecule has 152 valence electrons. The number of nitrogens with one attached hydrogen (secondary N) is 1. The van der Waals surface area contributed by atoms with Crippen molar-refractivity contribution in [2.75, 3.05) is 5.32 Å². The molecule has 2 heterocycles. The summed E-state index contributed by atoms with van der Waals surface area (Å²) in [4.78, 5) is 23.8. The van der Waals surface area contributed by atoms with E-state index in [-0.39, 0.29) is 23.3 Å². The number of hydrogen-bond acceptors (Lipinski definition) is 8. The molecular weight excluding hydrogens is 412 g/mol. The maximum atomic E-state index is 13.0. The lowest BCUT2D eigenvalue weighted by atomic mass is 9.89. The number of nitro groups is 1. The second-order valence-corrected chi connectivity index (χ2v) is 6.99. The van der Waals surface area contributed by atoms with Gasteiger partial charge >= 0.3 is 5.97 Å². The van der Waals surface area contributed by atoms with E-state index in [0.717, 1.165) is 5.56 Å². The van der Waals surface area contributed by atoms with E-state index in [1.54, 1.807) is 6.07 Å². The number of carbonyl (C=O) groups excluding carboxylic acids is 1. The van der Waals surface area contributed by atoms with Gasteiger partial charge in [0.2, 0.25) is 5.95 Å². The number of anilines is 1. The highest BCUT2D eigenvalue weighted by atomic mass is 35.5. The lowest BCUT2D eigenvalue weighted by Gasteiger charge is -2.32. The SMILES string of the molecule is C=C1Nc2nnnn2[C@H](c2ccc(Cl)c([N+](=O)[O-])c2)[C@H]1C(=O)OCc1ccccc1. The summed E-state index contributed by atoms with van der Waals surface area (Å²) in [6.45, 7) is 3.99. The van der Waals surface area contributed by atoms with Gasteiger partial charge < -0.3 is 10.1 Å². The van der Waals surface area contributed by atoms with Crippen molar-refractivity contribution in [1.82, 2.24) is 20.2 Å². The zero-order valence-corrected chi connectivity index (χ0v) is 16.2. The molecule has 1 aliphatic heterocycles. The molecule has 0 fully saturated rings. The van der Waals surface area contributed by atoms with Crippen LogP contribution in [0.2, 0.25) is 5.02 Å². The molecule has 3 aromatic rings. The zero-order valence-electron chi connectivity index (χ0n) is 15.4. The molecular formula is C19H15ClN6O4. The first-order valence-electron chi connectivity index (χ1n) is 8.84. The van der Waals surface area contributed by atoms with Gasteiger partial charge in [0.25, 0.3) is 5.69 Å². The topological polar surface area (TPSA) is 125 Å². The predicted molar refractivity (Wildman–Crippen MR) is 107 cm³/mol. The number of nitrogens with zero attached hydrogens (tertiary/aromatic N) is 5. The number of aromatic nitrogens is 4. The van der Waals surface area contributed by atoms with E-state index < -0.39 is 22.9 Å². The number of fused-ring (bicyclic) bond motifs is 1. The van der Waals surface area contributed by atoms with Crippen molar-refractivity contribution in [3.8, 4) is 0 Å². The third-order valence-electron chi connectivity index (χ3n) is 4.71. The molecule has 2 atom stereocenters. The van der Waals surface area contributed by atoms with Crippen molar-refractivity contribution >= 4 is 29.2 Å². The van der Waals surface area contributed by atoms with Gasteiger partial charge in [0.05, 0.1) is 4.92 Å². The minimum absolute atomic E-state index is 0.0170. The van der Waals surface area contributed by atoms with Crippen LogP contribution in [0.5, 0.6) is 0 Å². The Labute approximate surface area is 175 Å². The van der Waals surface area contributed by atoms with Gasteiger partial charge in [-0.2, -0.15) is 0 Å². The molecule has 2 aromatic carbocycles. The summed E-state index contributed by atoms with van der Waals surface area (Å²) < 4.78 is 6.87. The van der Waals surface area contributed by atoms with E-state index in [4.69, 9.17) is 16.3 Å². The molecule has 1 aliphatic rings. The summed E-state index contributed by atoms with van der Waals surface area (Å²) in [5.74, 6) is -1.24. The molecule has 0 amide bonds. The second kappa shape index (κ2) is 7.91. The second-order valence-electron chi connectivity index (χ2n) is 6.58. The van der Waals surface area contributed by atoms with Crippen molar-refractivity contribution in [2.45, 2.75) is 12.6 Å². The predicted octanol–water partition coefficient (Wildman–Crippen LogP) is 3.12. The van der Waals surface area contributed by atoms with Crippen molar-refractivity contribution in [3.05, 3.63) is 87.1 Å². The van der Waals surface area contributed by atoms with Crippen molar-refractivity contribution in [2.24, 2.45) is 5.92 Å². The van der Waals surface area contributed by atoms with Gasteiger partial charge in [-0.3, -0.25) is 14.9 Å². The number of benzene rings is 2. The quantitative estimate of drug-likeness (QED) is 0.374. The Kier molecular flexibility index (Phi) is 5.15. The van der Waals surface area contributed by atoms with Gasteiger partial charge in [-0.15, -0.1) is 0 Å². The molecule has 0 aliphatic carbocycles. The van der Waals surface area contributed by atoms with Crippen LogP contribution in [0, 0.1) is 16.0 Å². The summed E-state index contributed by atoms with van der Waals surface area (Å²) in [6.07, 6.45) is 0. The third-order valence-corrected chi connectivity index (χ3v) is 5.03. The van der Waals surface area contributed by atoms with Crippen LogP contribution in [0.25, 0.3) is 0 Å². The lowest BCUT2D eigenvalue weighted by molar-refractivity contribution is -0.384. The number of nitro benzene ring substituents is 1. The van der Waals surface area contributed by atoms with E-state index in [9.17, 15) is 14.9 Å². The Morgan fingerprint density at radius 1 is 1.30 bits per heavy atom. The van der Waals surface area contributed by atoms with Crippen molar-refractivity contribution in [3.63, 3.8) is 0 Å². The highest BCUT2D eigenvalue weighted by Gasteiger charge is 2.41. The molecule has 0 unspecified atom stereocenters. The molecule has 0 bridgehead atoms. The van der Waals surface area contributed by atoms with E-state index in [2.05, 4.69) is 27.4 Å². The maximum Gasteiger partial charge on any atom is 0.317 e. The van der Waals surface area contributed by atoms with Crippen molar-refractivity contribution < 1.29 is 14.5 Å². The standard InChI is InChI=1S/C19H15ClN6O4/c1-11-16(18(27)30-10-12-5-3-2-4-6-12)17(25-19(21-11)22-23-24-25)13-7-8-14(20)15(9-13)26(28)29/h2-9,16-17H,1,10H2,(H,21,22,24)/t16-,17+/m0/s1. The highest BCUT2D eigenvalue weighted by molar-refractivity contribution is 6.32. The smallest absolute Gasteiger partial charge is 0.317 e. The number of carbonyl (C=O) groups is 1. The van der Waals surface area contributed by atoms with E-state index >= 15 is 0 Å². The van der Waals surface area contributed by atoms with Gasteiger partial charge in [0.15, 0.2) is 0 Å². The molecule has 10 nitrogen and oxygen atoms in total. The van der Waals surface area contributed by atoms with Crippen LogP contribution in [0.15, 0.2) is 60.8 Å². The first kappa shape index (κ1) is 19.5.